The molecule has 0 saturated heterocycles. The van der Waals surface area contributed by atoms with Gasteiger partial charge in [0.25, 0.3) is 6.43 Å². The molecule has 1 N–H and O–H groups in total. The first-order valence-electron chi connectivity index (χ1n) is 4.46. The molecule has 0 unspecified atom stereocenters. The Bertz CT molecular complexity index is 414. The number of para-hydroxylation sites is 1. The molecule has 1 heterocycles. The van der Waals surface area contributed by atoms with E-state index in [1.54, 1.807) is 0 Å². The van der Waals surface area contributed by atoms with Crippen molar-refractivity contribution in [3.63, 3.8) is 0 Å². The lowest BCUT2D eigenvalue weighted by atomic mass is 10.2. The molecule has 0 spiro atoms. The third-order valence-electron chi connectivity index (χ3n) is 2.12. The van der Waals surface area contributed by atoms with Crippen molar-refractivity contribution in [2.75, 3.05) is 11.6 Å². The highest BCUT2D eigenvalue weighted by Crippen LogP contribution is 2.33. The summed E-state index contributed by atoms with van der Waals surface area (Å²) in [5.41, 5.74) is -0.168. The molecule has 2 rings (SSSR count). The number of phenols is 1. The van der Waals surface area contributed by atoms with E-state index in [0.29, 0.717) is 0 Å². The number of aromatic hydroxyl groups is 1. The number of allylic oxidation sites excluding steroid dienone is 1. The van der Waals surface area contributed by atoms with Crippen LogP contribution in [0.25, 0.3) is 0 Å². The van der Waals surface area contributed by atoms with Crippen LogP contribution in [0.1, 0.15) is 0 Å². The van der Waals surface area contributed by atoms with Crippen LogP contribution in [-0.4, -0.2) is 18.3 Å². The average molecular weight is 231 g/mol. The third kappa shape index (κ3) is 1.78. The van der Waals surface area contributed by atoms with Crippen molar-refractivity contribution in [1.29, 1.82) is 0 Å². The zero-order valence-corrected chi connectivity index (χ0v) is 8.03. The van der Waals surface area contributed by atoms with Gasteiger partial charge in [0.15, 0.2) is 18.3 Å². The Labute approximate surface area is 89.4 Å². The number of phenolic OH excluding ortho intramolecular Hbond substituents is 1. The number of halogens is 3. The number of hydrogen-bond donors (Lipinski definition) is 1. The van der Waals surface area contributed by atoms with E-state index in [1.807, 2.05) is 0 Å². The van der Waals surface area contributed by atoms with Gasteiger partial charge in [-0.2, -0.15) is 0 Å². The lowest BCUT2D eigenvalue weighted by Gasteiger charge is -2.15. The predicted molar refractivity (Wildman–Crippen MR) is 50.6 cm³/mol. The van der Waals surface area contributed by atoms with E-state index in [-0.39, 0.29) is 18.2 Å². The van der Waals surface area contributed by atoms with Gasteiger partial charge >= 0.3 is 0 Å². The van der Waals surface area contributed by atoms with Crippen LogP contribution in [0.15, 0.2) is 30.2 Å². The van der Waals surface area contributed by atoms with Gasteiger partial charge in [-0.25, -0.2) is 13.2 Å². The number of anilines is 1. The van der Waals surface area contributed by atoms with Gasteiger partial charge in [-0.3, -0.25) is 0 Å². The van der Waals surface area contributed by atoms with Crippen molar-refractivity contribution in [3.8, 4) is 5.75 Å². The Balaban J connectivity index is 2.33. The fourth-order valence-corrected chi connectivity index (χ4v) is 1.41. The Morgan fingerprint density at radius 3 is 2.69 bits per heavy atom. The average Bonchev–Trinajstić information content (AvgIpc) is 2.66. The first kappa shape index (κ1) is 10.7. The molecule has 1 aliphatic heterocycles. The van der Waals surface area contributed by atoms with Crippen LogP contribution in [0.5, 0.6) is 5.75 Å². The van der Waals surface area contributed by atoms with Gasteiger partial charge in [0.2, 0.25) is 0 Å². The molecule has 0 fully saturated rings. The van der Waals surface area contributed by atoms with Gasteiger partial charge in [-0.15, -0.1) is 0 Å². The van der Waals surface area contributed by atoms with Gasteiger partial charge in [-0.05, 0) is 12.1 Å². The number of rotatable bonds is 2. The SMILES string of the molecule is Oc1cccc(F)c1N1C=C(C(F)F)OC1. The molecule has 0 radical (unpaired) electrons. The van der Waals surface area contributed by atoms with Crippen LogP contribution in [0, 0.1) is 5.82 Å². The molecule has 0 saturated carbocycles. The van der Waals surface area contributed by atoms with Crippen LogP contribution in [0.2, 0.25) is 0 Å². The molecule has 3 nitrogen and oxygen atoms in total. The molecular weight excluding hydrogens is 223 g/mol. The largest absolute Gasteiger partial charge is 0.506 e. The van der Waals surface area contributed by atoms with Crippen molar-refractivity contribution in [3.05, 3.63) is 36.0 Å². The number of alkyl halides is 2. The second-order valence-electron chi connectivity index (χ2n) is 3.18. The molecule has 6 heteroatoms. The highest BCUT2D eigenvalue weighted by Gasteiger charge is 2.25. The van der Waals surface area contributed by atoms with Crippen LogP contribution in [-0.2, 0) is 4.74 Å². The number of ether oxygens (including phenoxy) is 1. The zero-order valence-electron chi connectivity index (χ0n) is 8.03. The molecule has 0 amide bonds. The van der Waals surface area contributed by atoms with Gasteiger partial charge < -0.3 is 14.7 Å². The summed E-state index contributed by atoms with van der Waals surface area (Å²) in [5.74, 6) is -1.56. The maximum Gasteiger partial charge on any atom is 0.296 e. The molecule has 0 aromatic heterocycles. The van der Waals surface area contributed by atoms with E-state index in [9.17, 15) is 18.3 Å². The van der Waals surface area contributed by atoms with Gasteiger partial charge in [0.1, 0.15) is 11.4 Å². The molecule has 0 aliphatic carbocycles. The smallest absolute Gasteiger partial charge is 0.296 e. The van der Waals surface area contributed by atoms with Gasteiger partial charge in [-0.1, -0.05) is 6.07 Å². The lowest BCUT2D eigenvalue weighted by molar-refractivity contribution is 0.0977. The normalized spacial score (nSPS) is 15.2. The molecule has 0 bridgehead atoms. The number of hydrogen-bond acceptors (Lipinski definition) is 3. The lowest BCUT2D eigenvalue weighted by Crippen LogP contribution is -2.14. The first-order chi connectivity index (χ1) is 7.59. The summed E-state index contributed by atoms with van der Waals surface area (Å²) in [7, 11) is 0. The molecule has 1 aromatic carbocycles. The standard InChI is InChI=1S/C10H8F3NO2/c11-6-2-1-3-7(15)9(6)14-4-8(10(12)13)16-5-14/h1-4,10,15H,5H2. The minimum Gasteiger partial charge on any atom is -0.506 e. The summed E-state index contributed by atoms with van der Waals surface area (Å²) in [5, 5.41) is 9.42. The Kier molecular flexibility index (Phi) is 2.64. The van der Waals surface area contributed by atoms with Crippen LogP contribution < -0.4 is 4.90 Å². The maximum absolute atomic E-state index is 13.4. The Morgan fingerprint density at radius 1 is 1.38 bits per heavy atom. The van der Waals surface area contributed by atoms with Gasteiger partial charge in [0.05, 0.1) is 6.20 Å². The number of nitrogens with zero attached hydrogens (tertiary/aromatic N) is 1. The summed E-state index contributed by atoms with van der Waals surface area (Å²) < 4.78 is 42.5. The third-order valence-corrected chi connectivity index (χ3v) is 2.12. The van der Waals surface area contributed by atoms with E-state index in [4.69, 9.17) is 0 Å². The summed E-state index contributed by atoms with van der Waals surface area (Å²) in [6.45, 7) is -0.242. The fraction of sp³-hybridized carbons (Fsp3) is 0.200. The fourth-order valence-electron chi connectivity index (χ4n) is 1.41. The van der Waals surface area contributed by atoms with E-state index in [0.717, 1.165) is 17.2 Å². The minimum atomic E-state index is -2.75. The van der Waals surface area contributed by atoms with E-state index >= 15 is 0 Å². The summed E-state index contributed by atoms with van der Waals surface area (Å²) >= 11 is 0. The van der Waals surface area contributed by atoms with Crippen molar-refractivity contribution >= 4 is 5.69 Å². The van der Waals surface area contributed by atoms with E-state index in [2.05, 4.69) is 4.74 Å². The topological polar surface area (TPSA) is 32.7 Å². The van der Waals surface area contributed by atoms with Crippen LogP contribution in [0.3, 0.4) is 0 Å². The molecule has 1 aliphatic rings. The van der Waals surface area contributed by atoms with Gasteiger partial charge in [0, 0.05) is 0 Å². The monoisotopic (exact) mass is 231 g/mol. The minimum absolute atomic E-state index is 0.168. The second kappa shape index (κ2) is 3.96. The summed E-state index contributed by atoms with van der Waals surface area (Å²) in [6, 6.07) is 3.72. The molecule has 0 atom stereocenters. The van der Waals surface area contributed by atoms with E-state index < -0.39 is 18.0 Å². The Morgan fingerprint density at radius 2 is 2.12 bits per heavy atom. The highest BCUT2D eigenvalue weighted by atomic mass is 19.3. The Hall–Kier alpha value is -1.85. The summed E-state index contributed by atoms with van der Waals surface area (Å²) in [6.07, 6.45) is -1.78. The maximum atomic E-state index is 13.4. The number of benzene rings is 1. The highest BCUT2D eigenvalue weighted by molar-refractivity contribution is 5.61. The molecule has 16 heavy (non-hydrogen) atoms. The molecule has 86 valence electrons. The van der Waals surface area contributed by atoms with Crippen molar-refractivity contribution < 1.29 is 23.0 Å². The van der Waals surface area contributed by atoms with Crippen LogP contribution >= 0.6 is 0 Å². The van der Waals surface area contributed by atoms with E-state index in [1.165, 1.54) is 12.1 Å². The molecule has 1 aromatic rings. The molecular formula is C10H8F3NO2. The van der Waals surface area contributed by atoms with Crippen molar-refractivity contribution in [2.24, 2.45) is 0 Å². The predicted octanol–water partition coefficient (Wildman–Crippen LogP) is 2.43. The summed E-state index contributed by atoms with van der Waals surface area (Å²) in [4.78, 5) is 1.09. The van der Waals surface area contributed by atoms with Crippen LogP contribution in [0.4, 0.5) is 18.9 Å². The van der Waals surface area contributed by atoms with Crippen molar-refractivity contribution in [1.82, 2.24) is 0 Å². The quantitative estimate of drug-likeness (QED) is 0.848. The second-order valence-corrected chi connectivity index (χ2v) is 3.18. The zero-order chi connectivity index (χ0) is 11.7. The van der Waals surface area contributed by atoms with Crippen molar-refractivity contribution in [2.45, 2.75) is 6.43 Å². The first-order valence-corrected chi connectivity index (χ1v) is 4.46.